The second-order valence-corrected chi connectivity index (χ2v) is 6.22. The van der Waals surface area contributed by atoms with Gasteiger partial charge in [0, 0.05) is 25.5 Å². The van der Waals surface area contributed by atoms with Gasteiger partial charge in [0.2, 0.25) is 10.0 Å². The van der Waals surface area contributed by atoms with Crippen LogP contribution < -0.4 is 10.0 Å². The largest absolute Gasteiger partial charge is 0.388 e. The minimum Gasteiger partial charge on any atom is -0.388 e. The third kappa shape index (κ3) is 3.58. The number of nitrogens with zero attached hydrogens (tertiary/aromatic N) is 2. The quantitative estimate of drug-likeness (QED) is 0.839. The van der Waals surface area contributed by atoms with Crippen molar-refractivity contribution in [3.05, 3.63) is 42.2 Å². The van der Waals surface area contributed by atoms with Gasteiger partial charge in [0.1, 0.15) is 0 Å². The van der Waals surface area contributed by atoms with Gasteiger partial charge in [-0.2, -0.15) is 5.10 Å². The molecule has 0 unspecified atom stereocenters. The molecule has 1 heterocycles. The first kappa shape index (κ1) is 14.5. The number of hydrogen-bond donors (Lipinski definition) is 2. The molecule has 1 aromatic carbocycles. The summed E-state index contributed by atoms with van der Waals surface area (Å²) in [5.74, 6) is 0. The van der Waals surface area contributed by atoms with E-state index in [-0.39, 0.29) is 4.90 Å². The summed E-state index contributed by atoms with van der Waals surface area (Å²) in [7, 11) is -1.68. The molecule has 0 saturated heterocycles. The summed E-state index contributed by atoms with van der Waals surface area (Å²) in [6.45, 7) is 2.75. The number of rotatable bonds is 6. The Morgan fingerprint density at radius 2 is 1.95 bits per heavy atom. The Bertz CT molecular complexity index is 662. The second-order valence-electron chi connectivity index (χ2n) is 4.45. The van der Waals surface area contributed by atoms with E-state index in [1.54, 1.807) is 42.2 Å². The number of aromatic nitrogens is 2. The highest BCUT2D eigenvalue weighted by Gasteiger charge is 2.12. The zero-order valence-electron chi connectivity index (χ0n) is 11.5. The van der Waals surface area contributed by atoms with Gasteiger partial charge in [-0.3, -0.25) is 4.68 Å². The third-order valence-electron chi connectivity index (χ3n) is 2.85. The Kier molecular flexibility index (Phi) is 4.41. The van der Waals surface area contributed by atoms with Gasteiger partial charge >= 0.3 is 0 Å². The van der Waals surface area contributed by atoms with Gasteiger partial charge in [-0.15, -0.1) is 0 Å². The number of anilines is 1. The average Bonchev–Trinajstić information content (AvgIpc) is 2.84. The van der Waals surface area contributed by atoms with E-state index in [9.17, 15) is 8.42 Å². The van der Waals surface area contributed by atoms with Crippen molar-refractivity contribution in [1.82, 2.24) is 14.5 Å². The molecule has 0 bridgehead atoms. The number of benzene rings is 1. The van der Waals surface area contributed by atoms with Crippen LogP contribution in [0.5, 0.6) is 0 Å². The zero-order valence-corrected chi connectivity index (χ0v) is 12.3. The van der Waals surface area contributed by atoms with Crippen molar-refractivity contribution in [2.24, 2.45) is 0 Å². The van der Waals surface area contributed by atoms with Crippen LogP contribution in [-0.4, -0.2) is 31.8 Å². The molecule has 0 spiro atoms. The van der Waals surface area contributed by atoms with E-state index in [2.05, 4.69) is 15.1 Å². The first-order valence-corrected chi connectivity index (χ1v) is 7.76. The van der Waals surface area contributed by atoms with E-state index < -0.39 is 10.0 Å². The van der Waals surface area contributed by atoms with Gasteiger partial charge in [0.25, 0.3) is 0 Å². The molecule has 0 radical (unpaired) electrons. The molecule has 108 valence electrons. The fraction of sp³-hybridized carbons (Fsp3) is 0.308. The number of nitrogens with one attached hydrogen (secondary N) is 2. The fourth-order valence-corrected chi connectivity index (χ4v) is 2.79. The maximum Gasteiger partial charge on any atom is 0.240 e. The number of aryl methyl sites for hydroxylation is 1. The predicted octanol–water partition coefficient (Wildman–Crippen LogP) is 1.21. The van der Waals surface area contributed by atoms with Gasteiger partial charge in [0.15, 0.2) is 0 Å². The first-order chi connectivity index (χ1) is 9.51. The molecule has 0 aliphatic carbocycles. The van der Waals surface area contributed by atoms with Crippen LogP contribution in [0.2, 0.25) is 0 Å². The van der Waals surface area contributed by atoms with Crippen molar-refractivity contribution in [1.29, 1.82) is 0 Å². The Labute approximate surface area is 118 Å². The van der Waals surface area contributed by atoms with Gasteiger partial charge < -0.3 is 5.32 Å². The van der Waals surface area contributed by atoms with E-state index >= 15 is 0 Å². The summed E-state index contributed by atoms with van der Waals surface area (Å²) >= 11 is 0. The topological polar surface area (TPSA) is 76.0 Å². The summed E-state index contributed by atoms with van der Waals surface area (Å²) in [6.07, 6.45) is 3.61. The van der Waals surface area contributed by atoms with Gasteiger partial charge in [-0.1, -0.05) is 0 Å². The summed E-state index contributed by atoms with van der Waals surface area (Å²) in [6, 6.07) is 6.61. The molecule has 6 nitrogen and oxygen atoms in total. The Morgan fingerprint density at radius 1 is 1.25 bits per heavy atom. The fourth-order valence-electron chi connectivity index (χ4n) is 1.77. The molecular weight excluding hydrogens is 276 g/mol. The van der Waals surface area contributed by atoms with Crippen LogP contribution in [0.15, 0.2) is 41.6 Å². The zero-order chi connectivity index (χ0) is 14.6. The SMILES string of the molecule is CNc1ccc(S(=O)(=O)NCCn2cc(C)cn2)cc1. The lowest BCUT2D eigenvalue weighted by atomic mass is 10.3. The summed E-state index contributed by atoms with van der Waals surface area (Å²) < 4.78 is 28.4. The van der Waals surface area contributed by atoms with Crippen molar-refractivity contribution in [2.75, 3.05) is 18.9 Å². The second kappa shape index (κ2) is 6.06. The van der Waals surface area contributed by atoms with Gasteiger partial charge in [0.05, 0.1) is 17.6 Å². The van der Waals surface area contributed by atoms with Crippen LogP contribution in [0, 0.1) is 6.92 Å². The lowest BCUT2D eigenvalue weighted by Gasteiger charge is -2.07. The molecule has 2 aromatic rings. The normalized spacial score (nSPS) is 11.5. The molecule has 0 fully saturated rings. The van der Waals surface area contributed by atoms with Crippen LogP contribution in [0.25, 0.3) is 0 Å². The number of sulfonamides is 1. The molecule has 2 N–H and O–H groups in total. The summed E-state index contributed by atoms with van der Waals surface area (Å²) in [5.41, 5.74) is 1.92. The molecule has 0 atom stereocenters. The van der Waals surface area contributed by atoms with Crippen molar-refractivity contribution in [3.8, 4) is 0 Å². The molecular formula is C13H18N4O2S. The highest BCUT2D eigenvalue weighted by molar-refractivity contribution is 7.89. The maximum absolute atomic E-state index is 12.1. The summed E-state index contributed by atoms with van der Waals surface area (Å²) in [4.78, 5) is 0.258. The van der Waals surface area contributed by atoms with Crippen LogP contribution in [0.1, 0.15) is 5.56 Å². The molecule has 20 heavy (non-hydrogen) atoms. The Hall–Kier alpha value is -1.86. The molecule has 0 saturated carbocycles. The lowest BCUT2D eigenvalue weighted by molar-refractivity contribution is 0.561. The van der Waals surface area contributed by atoms with Crippen LogP contribution >= 0.6 is 0 Å². The minimum absolute atomic E-state index is 0.258. The molecule has 0 amide bonds. The monoisotopic (exact) mass is 294 g/mol. The van der Waals surface area contributed by atoms with E-state index in [0.717, 1.165) is 11.3 Å². The van der Waals surface area contributed by atoms with Crippen LogP contribution in [0.4, 0.5) is 5.69 Å². The smallest absolute Gasteiger partial charge is 0.240 e. The standard InChI is InChI=1S/C13H18N4O2S/c1-11-9-15-17(10-11)8-7-16-20(18,19)13-5-3-12(14-2)4-6-13/h3-6,9-10,14,16H,7-8H2,1-2H3. The Morgan fingerprint density at radius 3 is 2.50 bits per heavy atom. The number of hydrogen-bond acceptors (Lipinski definition) is 4. The first-order valence-electron chi connectivity index (χ1n) is 6.28. The highest BCUT2D eigenvalue weighted by Crippen LogP contribution is 2.13. The predicted molar refractivity (Wildman–Crippen MR) is 78.1 cm³/mol. The maximum atomic E-state index is 12.1. The molecule has 1 aromatic heterocycles. The van der Waals surface area contributed by atoms with E-state index in [1.165, 1.54) is 0 Å². The highest BCUT2D eigenvalue weighted by atomic mass is 32.2. The molecule has 0 aliphatic heterocycles. The van der Waals surface area contributed by atoms with E-state index in [1.807, 2.05) is 13.1 Å². The molecule has 0 aliphatic rings. The lowest BCUT2D eigenvalue weighted by Crippen LogP contribution is -2.27. The average molecular weight is 294 g/mol. The van der Waals surface area contributed by atoms with Gasteiger partial charge in [-0.05, 0) is 36.8 Å². The van der Waals surface area contributed by atoms with E-state index in [4.69, 9.17) is 0 Å². The van der Waals surface area contributed by atoms with Crippen LogP contribution in [-0.2, 0) is 16.6 Å². The Balaban J connectivity index is 1.96. The molecule has 7 heteroatoms. The van der Waals surface area contributed by atoms with Crippen molar-refractivity contribution in [3.63, 3.8) is 0 Å². The van der Waals surface area contributed by atoms with E-state index in [0.29, 0.717) is 13.1 Å². The van der Waals surface area contributed by atoms with Crippen molar-refractivity contribution >= 4 is 15.7 Å². The van der Waals surface area contributed by atoms with Crippen molar-refractivity contribution < 1.29 is 8.42 Å². The minimum atomic E-state index is -3.47. The van der Waals surface area contributed by atoms with Gasteiger partial charge in [-0.25, -0.2) is 13.1 Å². The van der Waals surface area contributed by atoms with Crippen LogP contribution in [0.3, 0.4) is 0 Å². The third-order valence-corrected chi connectivity index (χ3v) is 4.33. The summed E-state index contributed by atoms with van der Waals surface area (Å²) in [5, 5.41) is 7.05. The molecule has 2 rings (SSSR count). The van der Waals surface area contributed by atoms with Crippen molar-refractivity contribution in [2.45, 2.75) is 18.4 Å².